The van der Waals surface area contributed by atoms with E-state index in [0.717, 1.165) is 25.9 Å². The number of benzene rings is 1. The number of hydrogen-bond donors (Lipinski definition) is 1. The number of aromatic nitrogens is 1. The van der Waals surface area contributed by atoms with Crippen molar-refractivity contribution >= 4 is 23.2 Å². The summed E-state index contributed by atoms with van der Waals surface area (Å²) in [6.45, 7) is 1.97. The molecular weight excluding hydrogens is 329 g/mol. The maximum Gasteiger partial charge on any atom is 0.227 e. The van der Waals surface area contributed by atoms with Gasteiger partial charge in [0.2, 0.25) is 5.91 Å². The molecule has 1 aromatic heterocycles. The maximum absolute atomic E-state index is 13.9. The van der Waals surface area contributed by atoms with Crippen LogP contribution in [0.2, 0.25) is 5.02 Å². The Labute approximate surface area is 145 Å². The third kappa shape index (κ3) is 4.10. The molecule has 0 aliphatic carbocycles. The summed E-state index contributed by atoms with van der Waals surface area (Å²) in [4.78, 5) is 18.4. The molecule has 0 radical (unpaired) electrons. The Morgan fingerprint density at radius 1 is 1.29 bits per heavy atom. The third-order valence-electron chi connectivity index (χ3n) is 4.33. The van der Waals surface area contributed by atoms with Gasteiger partial charge in [-0.15, -0.1) is 0 Å². The number of nitrogens with zero attached hydrogens (tertiary/aromatic N) is 2. The van der Waals surface area contributed by atoms with E-state index < -0.39 is 0 Å². The van der Waals surface area contributed by atoms with Crippen molar-refractivity contribution in [3.05, 3.63) is 59.1 Å². The quantitative estimate of drug-likeness (QED) is 0.916. The first-order valence-corrected chi connectivity index (χ1v) is 8.37. The zero-order valence-corrected chi connectivity index (χ0v) is 14.0. The number of anilines is 1. The summed E-state index contributed by atoms with van der Waals surface area (Å²) in [6, 6.07) is 8.34. The van der Waals surface area contributed by atoms with Gasteiger partial charge >= 0.3 is 0 Å². The van der Waals surface area contributed by atoms with Gasteiger partial charge in [0.25, 0.3) is 0 Å². The summed E-state index contributed by atoms with van der Waals surface area (Å²) in [5.41, 5.74) is 1.24. The van der Waals surface area contributed by atoms with E-state index in [1.165, 1.54) is 6.07 Å². The lowest BCUT2D eigenvalue weighted by molar-refractivity contribution is -0.121. The largest absolute Gasteiger partial charge is 0.324 e. The topological polar surface area (TPSA) is 45.2 Å². The van der Waals surface area contributed by atoms with Crippen LogP contribution in [0.15, 0.2) is 42.7 Å². The zero-order chi connectivity index (χ0) is 16.9. The standard InChI is InChI=1S/C18H19ClFN3O/c19-16-4-1-5-17(20)15(16)12-23-9-6-13(7-10-23)18(24)22-14-3-2-8-21-11-14/h1-5,8,11,13H,6-7,9-10,12H2,(H,22,24). The average Bonchev–Trinajstić information content (AvgIpc) is 2.60. The molecule has 1 fully saturated rings. The lowest BCUT2D eigenvalue weighted by Crippen LogP contribution is -2.38. The number of carbonyl (C=O) groups excluding carboxylic acids is 1. The van der Waals surface area contributed by atoms with Gasteiger partial charge in [-0.25, -0.2) is 4.39 Å². The van der Waals surface area contributed by atoms with Crippen molar-refractivity contribution in [2.24, 2.45) is 5.92 Å². The van der Waals surface area contributed by atoms with Gasteiger partial charge in [0.05, 0.1) is 11.9 Å². The van der Waals surface area contributed by atoms with Crippen LogP contribution in [0.1, 0.15) is 18.4 Å². The zero-order valence-electron chi connectivity index (χ0n) is 13.2. The molecule has 1 aliphatic heterocycles. The van der Waals surface area contributed by atoms with E-state index in [9.17, 15) is 9.18 Å². The fourth-order valence-corrected chi connectivity index (χ4v) is 3.16. The highest BCUT2D eigenvalue weighted by Gasteiger charge is 2.25. The van der Waals surface area contributed by atoms with Crippen LogP contribution in [0, 0.1) is 11.7 Å². The second kappa shape index (κ2) is 7.73. The van der Waals surface area contributed by atoms with Gasteiger partial charge < -0.3 is 5.32 Å². The molecule has 1 aromatic carbocycles. The Kier molecular flexibility index (Phi) is 5.43. The van der Waals surface area contributed by atoms with Crippen molar-refractivity contribution in [3.63, 3.8) is 0 Å². The van der Waals surface area contributed by atoms with E-state index in [1.807, 2.05) is 6.07 Å². The highest BCUT2D eigenvalue weighted by atomic mass is 35.5. The molecule has 2 aromatic rings. The number of nitrogens with one attached hydrogen (secondary N) is 1. The van der Waals surface area contributed by atoms with E-state index >= 15 is 0 Å². The first-order chi connectivity index (χ1) is 11.6. The summed E-state index contributed by atoms with van der Waals surface area (Å²) in [5, 5.41) is 3.34. The summed E-state index contributed by atoms with van der Waals surface area (Å²) >= 11 is 6.08. The Hall–Kier alpha value is -1.98. The number of halogens is 2. The minimum atomic E-state index is -0.279. The van der Waals surface area contributed by atoms with Gasteiger partial charge in [0.15, 0.2) is 0 Å². The number of rotatable bonds is 4. The first-order valence-electron chi connectivity index (χ1n) is 7.99. The molecule has 1 saturated heterocycles. The second-order valence-electron chi connectivity index (χ2n) is 5.98. The molecule has 1 aliphatic rings. The SMILES string of the molecule is O=C(Nc1cccnc1)C1CCN(Cc2c(F)cccc2Cl)CC1. The third-order valence-corrected chi connectivity index (χ3v) is 4.68. The van der Waals surface area contributed by atoms with Crippen molar-refractivity contribution in [2.75, 3.05) is 18.4 Å². The highest BCUT2D eigenvalue weighted by molar-refractivity contribution is 6.31. The van der Waals surface area contributed by atoms with Crippen LogP contribution in [0.5, 0.6) is 0 Å². The van der Waals surface area contributed by atoms with Crippen LogP contribution in [-0.2, 0) is 11.3 Å². The van der Waals surface area contributed by atoms with Gasteiger partial charge in [-0.05, 0) is 50.2 Å². The summed E-state index contributed by atoms with van der Waals surface area (Å²) < 4.78 is 13.9. The molecule has 24 heavy (non-hydrogen) atoms. The lowest BCUT2D eigenvalue weighted by atomic mass is 9.95. The first kappa shape index (κ1) is 16.9. The van der Waals surface area contributed by atoms with Crippen molar-refractivity contribution in [1.29, 1.82) is 0 Å². The second-order valence-corrected chi connectivity index (χ2v) is 6.39. The number of pyridine rings is 1. The van der Waals surface area contributed by atoms with Crippen LogP contribution < -0.4 is 5.32 Å². The minimum Gasteiger partial charge on any atom is -0.324 e. The van der Waals surface area contributed by atoms with E-state index in [0.29, 0.717) is 22.8 Å². The Balaban J connectivity index is 1.53. The summed E-state index contributed by atoms with van der Waals surface area (Å²) in [6.07, 6.45) is 4.80. The smallest absolute Gasteiger partial charge is 0.227 e. The number of piperidine rings is 1. The number of likely N-dealkylation sites (tertiary alicyclic amines) is 1. The molecule has 0 unspecified atom stereocenters. The van der Waals surface area contributed by atoms with Crippen molar-refractivity contribution in [1.82, 2.24) is 9.88 Å². The minimum absolute atomic E-state index is 0.0200. The van der Waals surface area contributed by atoms with Gasteiger partial charge in [-0.3, -0.25) is 14.7 Å². The number of carbonyl (C=O) groups is 1. The predicted molar refractivity (Wildman–Crippen MR) is 92.3 cm³/mol. The summed E-state index contributed by atoms with van der Waals surface area (Å²) in [7, 11) is 0. The fraction of sp³-hybridized carbons (Fsp3) is 0.333. The monoisotopic (exact) mass is 347 g/mol. The molecule has 126 valence electrons. The van der Waals surface area contributed by atoms with Crippen LogP contribution in [0.3, 0.4) is 0 Å². The molecule has 1 amide bonds. The van der Waals surface area contributed by atoms with Gasteiger partial charge in [0.1, 0.15) is 5.82 Å². The van der Waals surface area contributed by atoms with Crippen molar-refractivity contribution in [2.45, 2.75) is 19.4 Å². The lowest BCUT2D eigenvalue weighted by Gasteiger charge is -2.31. The van der Waals surface area contributed by atoms with Crippen LogP contribution >= 0.6 is 11.6 Å². The molecule has 1 N–H and O–H groups in total. The van der Waals surface area contributed by atoms with E-state index in [1.54, 1.807) is 30.6 Å². The number of hydrogen-bond acceptors (Lipinski definition) is 3. The van der Waals surface area contributed by atoms with Gasteiger partial charge in [-0.2, -0.15) is 0 Å². The van der Waals surface area contributed by atoms with E-state index in [4.69, 9.17) is 11.6 Å². The van der Waals surface area contributed by atoms with E-state index in [-0.39, 0.29) is 17.6 Å². The molecule has 3 rings (SSSR count). The molecule has 0 atom stereocenters. The van der Waals surface area contributed by atoms with Crippen LogP contribution in [0.25, 0.3) is 0 Å². The van der Waals surface area contributed by atoms with Crippen LogP contribution in [0.4, 0.5) is 10.1 Å². The highest BCUT2D eigenvalue weighted by Crippen LogP contribution is 2.25. The molecule has 2 heterocycles. The van der Waals surface area contributed by atoms with Crippen molar-refractivity contribution in [3.8, 4) is 0 Å². The van der Waals surface area contributed by atoms with E-state index in [2.05, 4.69) is 15.2 Å². The average molecular weight is 348 g/mol. The Bertz CT molecular complexity index is 682. The predicted octanol–water partition coefficient (Wildman–Crippen LogP) is 3.72. The molecule has 6 heteroatoms. The maximum atomic E-state index is 13.9. The van der Waals surface area contributed by atoms with Crippen LogP contribution in [-0.4, -0.2) is 28.9 Å². The molecule has 4 nitrogen and oxygen atoms in total. The Morgan fingerprint density at radius 2 is 2.08 bits per heavy atom. The molecule has 0 bridgehead atoms. The normalized spacial score (nSPS) is 16.1. The van der Waals surface area contributed by atoms with Crippen molar-refractivity contribution < 1.29 is 9.18 Å². The van der Waals surface area contributed by atoms with Gasteiger partial charge in [-0.1, -0.05) is 17.7 Å². The molecule has 0 saturated carbocycles. The fourth-order valence-electron chi connectivity index (χ4n) is 2.94. The Morgan fingerprint density at radius 3 is 2.75 bits per heavy atom. The molecule has 0 spiro atoms. The van der Waals surface area contributed by atoms with Gasteiger partial charge in [0, 0.05) is 29.2 Å². The summed E-state index contributed by atoms with van der Waals surface area (Å²) in [5.74, 6) is -0.289. The molecular formula is C18H19ClFN3O. The number of amides is 1.